The maximum atomic E-state index is 12.6. The van der Waals surface area contributed by atoms with Crippen molar-refractivity contribution in [2.75, 3.05) is 6.61 Å². The standard InChI is InChI=1S/C21H22O2/c22-21(18-11-5-2-6-12-18)16-19(17-9-3-1-4-10-17)15-20-13-7-8-14-23-20/h1-6,9-12,16,20H,7-8,13-15H2/b19-16-. The zero-order valence-electron chi connectivity index (χ0n) is 13.3. The Kier molecular flexibility index (Phi) is 5.38. The van der Waals surface area contributed by atoms with E-state index >= 15 is 0 Å². The minimum Gasteiger partial charge on any atom is -0.378 e. The van der Waals surface area contributed by atoms with Crippen molar-refractivity contribution in [2.45, 2.75) is 31.8 Å². The Morgan fingerprint density at radius 1 is 0.957 bits per heavy atom. The van der Waals surface area contributed by atoms with Crippen LogP contribution in [0.4, 0.5) is 0 Å². The van der Waals surface area contributed by atoms with Crippen LogP contribution in [0.1, 0.15) is 41.6 Å². The molecule has 1 unspecified atom stereocenters. The van der Waals surface area contributed by atoms with Crippen molar-refractivity contribution in [3.05, 3.63) is 77.9 Å². The maximum absolute atomic E-state index is 12.6. The van der Waals surface area contributed by atoms with Crippen molar-refractivity contribution in [3.63, 3.8) is 0 Å². The molecule has 0 saturated carbocycles. The zero-order chi connectivity index (χ0) is 15.9. The molecule has 23 heavy (non-hydrogen) atoms. The van der Waals surface area contributed by atoms with Crippen molar-refractivity contribution >= 4 is 11.4 Å². The van der Waals surface area contributed by atoms with E-state index in [0.717, 1.165) is 42.6 Å². The Hall–Kier alpha value is -2.19. The van der Waals surface area contributed by atoms with Gasteiger partial charge in [-0.2, -0.15) is 0 Å². The summed E-state index contributed by atoms with van der Waals surface area (Å²) >= 11 is 0. The number of allylic oxidation sites excluding steroid dienone is 1. The average Bonchev–Trinajstić information content (AvgIpc) is 2.63. The molecule has 2 heteroatoms. The molecule has 0 radical (unpaired) electrons. The first-order chi connectivity index (χ1) is 11.3. The second-order valence-corrected chi connectivity index (χ2v) is 5.96. The quantitative estimate of drug-likeness (QED) is 0.579. The molecule has 118 valence electrons. The second-order valence-electron chi connectivity index (χ2n) is 5.96. The SMILES string of the molecule is O=C(/C=C(/CC1CCCCO1)c1ccccc1)c1ccccc1. The molecule has 0 spiro atoms. The highest BCUT2D eigenvalue weighted by Gasteiger charge is 2.17. The van der Waals surface area contributed by atoms with Gasteiger partial charge in [0.2, 0.25) is 0 Å². The van der Waals surface area contributed by atoms with E-state index < -0.39 is 0 Å². The van der Waals surface area contributed by atoms with Crippen LogP contribution in [0, 0.1) is 0 Å². The van der Waals surface area contributed by atoms with Crippen LogP contribution in [0.2, 0.25) is 0 Å². The van der Waals surface area contributed by atoms with Gasteiger partial charge >= 0.3 is 0 Å². The Labute approximate surface area is 137 Å². The summed E-state index contributed by atoms with van der Waals surface area (Å²) in [5.41, 5.74) is 2.89. The number of ketones is 1. The van der Waals surface area contributed by atoms with Crippen molar-refractivity contribution in [3.8, 4) is 0 Å². The van der Waals surface area contributed by atoms with Crippen LogP contribution in [0.5, 0.6) is 0 Å². The van der Waals surface area contributed by atoms with E-state index in [0.29, 0.717) is 0 Å². The van der Waals surface area contributed by atoms with Crippen molar-refractivity contribution in [1.29, 1.82) is 0 Å². The Morgan fingerprint density at radius 2 is 1.61 bits per heavy atom. The largest absolute Gasteiger partial charge is 0.378 e. The van der Waals surface area contributed by atoms with Gasteiger partial charge in [-0.05, 0) is 42.9 Å². The molecule has 0 amide bonds. The van der Waals surface area contributed by atoms with Gasteiger partial charge in [0.1, 0.15) is 0 Å². The summed E-state index contributed by atoms with van der Waals surface area (Å²) in [7, 11) is 0. The lowest BCUT2D eigenvalue weighted by Crippen LogP contribution is -2.19. The Balaban J connectivity index is 1.85. The summed E-state index contributed by atoms with van der Waals surface area (Å²) in [5.74, 6) is 0.0558. The molecule has 1 heterocycles. The highest BCUT2D eigenvalue weighted by Crippen LogP contribution is 2.26. The summed E-state index contributed by atoms with van der Waals surface area (Å²) in [6.07, 6.45) is 6.22. The highest BCUT2D eigenvalue weighted by atomic mass is 16.5. The molecule has 1 fully saturated rings. The smallest absolute Gasteiger partial charge is 0.186 e. The van der Waals surface area contributed by atoms with Gasteiger partial charge in [0.05, 0.1) is 6.10 Å². The van der Waals surface area contributed by atoms with Gasteiger partial charge in [0, 0.05) is 12.2 Å². The van der Waals surface area contributed by atoms with Crippen LogP contribution in [-0.2, 0) is 4.74 Å². The van der Waals surface area contributed by atoms with Crippen LogP contribution in [0.15, 0.2) is 66.7 Å². The fraction of sp³-hybridized carbons (Fsp3) is 0.286. The van der Waals surface area contributed by atoms with E-state index in [1.165, 1.54) is 6.42 Å². The van der Waals surface area contributed by atoms with Gasteiger partial charge in [-0.3, -0.25) is 4.79 Å². The molecule has 3 rings (SSSR count). The molecular formula is C21H22O2. The normalized spacial score (nSPS) is 18.6. The van der Waals surface area contributed by atoms with Gasteiger partial charge in [-0.1, -0.05) is 60.7 Å². The molecular weight excluding hydrogens is 284 g/mol. The van der Waals surface area contributed by atoms with Gasteiger partial charge in [-0.15, -0.1) is 0 Å². The lowest BCUT2D eigenvalue weighted by Gasteiger charge is -2.23. The maximum Gasteiger partial charge on any atom is 0.186 e. The van der Waals surface area contributed by atoms with Crippen molar-refractivity contribution in [2.24, 2.45) is 0 Å². The number of carbonyl (C=O) groups is 1. The molecule has 0 aromatic heterocycles. The van der Waals surface area contributed by atoms with E-state index in [4.69, 9.17) is 4.74 Å². The van der Waals surface area contributed by atoms with Crippen LogP contribution in [-0.4, -0.2) is 18.5 Å². The topological polar surface area (TPSA) is 26.3 Å². The van der Waals surface area contributed by atoms with Gasteiger partial charge in [0.25, 0.3) is 0 Å². The first-order valence-electron chi connectivity index (χ1n) is 8.30. The number of ether oxygens (including phenoxy) is 1. The van der Waals surface area contributed by atoms with Crippen LogP contribution in [0.25, 0.3) is 5.57 Å². The number of hydrogen-bond acceptors (Lipinski definition) is 2. The van der Waals surface area contributed by atoms with Crippen molar-refractivity contribution in [1.82, 2.24) is 0 Å². The van der Waals surface area contributed by atoms with Crippen LogP contribution < -0.4 is 0 Å². The first kappa shape index (κ1) is 15.7. The van der Waals surface area contributed by atoms with Gasteiger partial charge < -0.3 is 4.74 Å². The second kappa shape index (κ2) is 7.89. The molecule has 2 aromatic rings. The Bertz CT molecular complexity index is 653. The molecule has 1 atom stereocenters. The molecule has 1 aliphatic heterocycles. The fourth-order valence-electron chi connectivity index (χ4n) is 2.97. The summed E-state index contributed by atoms with van der Waals surface area (Å²) < 4.78 is 5.87. The molecule has 1 saturated heterocycles. The molecule has 0 N–H and O–H groups in total. The first-order valence-corrected chi connectivity index (χ1v) is 8.30. The molecule has 2 aromatic carbocycles. The summed E-state index contributed by atoms with van der Waals surface area (Å²) in [6, 6.07) is 19.6. The lowest BCUT2D eigenvalue weighted by atomic mass is 9.94. The predicted molar refractivity (Wildman–Crippen MR) is 93.4 cm³/mol. The fourth-order valence-corrected chi connectivity index (χ4v) is 2.97. The highest BCUT2D eigenvalue weighted by molar-refractivity contribution is 6.08. The van der Waals surface area contributed by atoms with Crippen molar-refractivity contribution < 1.29 is 9.53 Å². The monoisotopic (exact) mass is 306 g/mol. The number of carbonyl (C=O) groups excluding carboxylic acids is 1. The Morgan fingerprint density at radius 3 is 2.22 bits per heavy atom. The van der Waals surface area contributed by atoms with E-state index in [-0.39, 0.29) is 11.9 Å². The van der Waals surface area contributed by atoms with E-state index in [2.05, 4.69) is 12.1 Å². The number of benzene rings is 2. The summed E-state index contributed by atoms with van der Waals surface area (Å²) in [5, 5.41) is 0. The third-order valence-corrected chi connectivity index (χ3v) is 4.23. The molecule has 2 nitrogen and oxygen atoms in total. The minimum atomic E-state index is 0.0558. The average molecular weight is 306 g/mol. The van der Waals surface area contributed by atoms with Gasteiger partial charge in [-0.25, -0.2) is 0 Å². The number of rotatable bonds is 5. The third kappa shape index (κ3) is 4.40. The minimum absolute atomic E-state index is 0.0558. The third-order valence-electron chi connectivity index (χ3n) is 4.23. The molecule has 0 bridgehead atoms. The predicted octanol–water partition coefficient (Wildman–Crippen LogP) is 4.91. The van der Waals surface area contributed by atoms with Crippen LogP contribution >= 0.6 is 0 Å². The molecule has 0 aliphatic carbocycles. The number of hydrogen-bond donors (Lipinski definition) is 0. The van der Waals surface area contributed by atoms with Crippen LogP contribution in [0.3, 0.4) is 0 Å². The van der Waals surface area contributed by atoms with Gasteiger partial charge in [0.15, 0.2) is 5.78 Å². The summed E-state index contributed by atoms with van der Waals surface area (Å²) in [4.78, 5) is 12.6. The van der Waals surface area contributed by atoms with E-state index in [1.54, 1.807) is 6.08 Å². The summed E-state index contributed by atoms with van der Waals surface area (Å²) in [6.45, 7) is 0.833. The molecule has 1 aliphatic rings. The van der Waals surface area contributed by atoms with E-state index in [9.17, 15) is 4.79 Å². The van der Waals surface area contributed by atoms with E-state index in [1.807, 2.05) is 48.5 Å². The lowest BCUT2D eigenvalue weighted by molar-refractivity contribution is 0.0198. The zero-order valence-corrected chi connectivity index (χ0v) is 13.3.